The van der Waals surface area contributed by atoms with Crippen LogP contribution in [0.5, 0.6) is 0 Å². The minimum Gasteiger partial charge on any atom is -0.494 e. The van der Waals surface area contributed by atoms with Crippen molar-refractivity contribution in [3.05, 3.63) is 36.2 Å². The fourth-order valence-corrected chi connectivity index (χ4v) is 1.32. The summed E-state index contributed by atoms with van der Waals surface area (Å²) in [4.78, 5) is 4.17. The van der Waals surface area contributed by atoms with Crippen molar-refractivity contribution >= 4 is 5.76 Å². The van der Waals surface area contributed by atoms with Gasteiger partial charge in [0.15, 0.2) is 0 Å². The highest BCUT2D eigenvalue weighted by Gasteiger charge is 2.04. The van der Waals surface area contributed by atoms with Gasteiger partial charge in [0, 0.05) is 23.9 Å². The molecule has 0 radical (unpaired) electrons. The molecule has 0 saturated heterocycles. The van der Waals surface area contributed by atoms with E-state index < -0.39 is 0 Å². The largest absolute Gasteiger partial charge is 0.494 e. The van der Waals surface area contributed by atoms with Crippen molar-refractivity contribution in [2.24, 2.45) is 0 Å². The van der Waals surface area contributed by atoms with Gasteiger partial charge in [0.2, 0.25) is 0 Å². The molecule has 1 unspecified atom stereocenters. The fraction of sp³-hybridized carbons (Fsp3) is 0.417. The standard InChI is InChI=1S/C12H17NO2/c1-4-15-10(3)11-5-6-13-12(8-11)7-9(2)14/h5-6,8-9,14H,3-4,7H2,1-2H3. The van der Waals surface area contributed by atoms with E-state index >= 15 is 0 Å². The fourth-order valence-electron chi connectivity index (χ4n) is 1.32. The third-order valence-corrected chi connectivity index (χ3v) is 1.96. The quantitative estimate of drug-likeness (QED) is 0.751. The van der Waals surface area contributed by atoms with Gasteiger partial charge in [-0.1, -0.05) is 6.58 Å². The van der Waals surface area contributed by atoms with Gasteiger partial charge >= 0.3 is 0 Å². The Bertz CT molecular complexity index is 334. The summed E-state index contributed by atoms with van der Waals surface area (Å²) in [6.45, 7) is 8.09. The first-order chi connectivity index (χ1) is 7.13. The van der Waals surface area contributed by atoms with Crippen LogP contribution in [0.25, 0.3) is 5.76 Å². The lowest BCUT2D eigenvalue weighted by Gasteiger charge is -2.09. The van der Waals surface area contributed by atoms with E-state index in [0.29, 0.717) is 18.8 Å². The summed E-state index contributed by atoms with van der Waals surface area (Å²) in [5.74, 6) is 0.645. The first-order valence-corrected chi connectivity index (χ1v) is 5.08. The molecule has 1 N–H and O–H groups in total. The molecule has 3 nitrogen and oxygen atoms in total. The van der Waals surface area contributed by atoms with Crippen molar-refractivity contribution in [1.29, 1.82) is 0 Å². The van der Waals surface area contributed by atoms with Crippen LogP contribution in [-0.4, -0.2) is 22.8 Å². The third kappa shape index (κ3) is 3.72. The second-order valence-corrected chi connectivity index (χ2v) is 3.45. The predicted molar refractivity (Wildman–Crippen MR) is 60.3 cm³/mol. The summed E-state index contributed by atoms with van der Waals surface area (Å²) >= 11 is 0. The van der Waals surface area contributed by atoms with E-state index in [1.54, 1.807) is 13.1 Å². The zero-order chi connectivity index (χ0) is 11.3. The molecule has 0 aliphatic carbocycles. The van der Waals surface area contributed by atoms with E-state index in [9.17, 15) is 5.11 Å². The Morgan fingerprint density at radius 1 is 1.67 bits per heavy atom. The molecule has 1 rings (SSSR count). The zero-order valence-corrected chi connectivity index (χ0v) is 9.23. The summed E-state index contributed by atoms with van der Waals surface area (Å²) in [5, 5.41) is 9.24. The van der Waals surface area contributed by atoms with Gasteiger partial charge in [0.1, 0.15) is 5.76 Å². The molecule has 0 aliphatic heterocycles. The molecule has 0 amide bonds. The van der Waals surface area contributed by atoms with E-state index in [4.69, 9.17) is 4.74 Å². The molecule has 3 heteroatoms. The molecule has 0 aromatic carbocycles. The molecule has 1 aromatic heterocycles. The lowest BCUT2D eigenvalue weighted by molar-refractivity contribution is 0.194. The van der Waals surface area contributed by atoms with E-state index in [1.807, 2.05) is 19.1 Å². The average Bonchev–Trinajstić information content (AvgIpc) is 2.17. The maximum absolute atomic E-state index is 9.24. The van der Waals surface area contributed by atoms with Gasteiger partial charge in [-0.05, 0) is 26.0 Å². The summed E-state index contributed by atoms with van der Waals surface area (Å²) in [7, 11) is 0. The number of ether oxygens (including phenoxy) is 1. The molecule has 15 heavy (non-hydrogen) atoms. The maximum Gasteiger partial charge on any atom is 0.119 e. The van der Waals surface area contributed by atoms with Crippen LogP contribution in [0.4, 0.5) is 0 Å². The van der Waals surface area contributed by atoms with Crippen LogP contribution in [0.15, 0.2) is 24.9 Å². The summed E-state index contributed by atoms with van der Waals surface area (Å²) < 4.78 is 5.30. The molecule has 0 bridgehead atoms. The number of aliphatic hydroxyl groups excluding tert-OH is 1. The van der Waals surface area contributed by atoms with Crippen LogP contribution in [0.2, 0.25) is 0 Å². The predicted octanol–water partition coefficient (Wildman–Crippen LogP) is 2.01. The number of aliphatic hydroxyl groups is 1. The Kier molecular flexibility index (Phi) is 4.31. The van der Waals surface area contributed by atoms with E-state index in [1.165, 1.54) is 0 Å². The van der Waals surface area contributed by atoms with E-state index in [-0.39, 0.29) is 6.10 Å². The maximum atomic E-state index is 9.24. The van der Waals surface area contributed by atoms with Crippen molar-refractivity contribution in [3.63, 3.8) is 0 Å². The number of pyridine rings is 1. The van der Waals surface area contributed by atoms with E-state index in [2.05, 4.69) is 11.6 Å². The smallest absolute Gasteiger partial charge is 0.119 e. The topological polar surface area (TPSA) is 42.4 Å². The lowest BCUT2D eigenvalue weighted by Crippen LogP contribution is -2.06. The molecular weight excluding hydrogens is 190 g/mol. The highest BCUT2D eigenvalue weighted by molar-refractivity contribution is 5.57. The molecule has 0 fully saturated rings. The van der Waals surface area contributed by atoms with Gasteiger partial charge in [0.25, 0.3) is 0 Å². The highest BCUT2D eigenvalue weighted by atomic mass is 16.5. The Morgan fingerprint density at radius 3 is 3.00 bits per heavy atom. The first kappa shape index (κ1) is 11.7. The van der Waals surface area contributed by atoms with Crippen LogP contribution >= 0.6 is 0 Å². The Morgan fingerprint density at radius 2 is 2.40 bits per heavy atom. The molecule has 1 atom stereocenters. The van der Waals surface area contributed by atoms with Crippen molar-refractivity contribution in [2.75, 3.05) is 6.61 Å². The molecule has 1 heterocycles. The molecule has 82 valence electrons. The van der Waals surface area contributed by atoms with Crippen LogP contribution in [0, 0.1) is 0 Å². The minimum absolute atomic E-state index is 0.381. The van der Waals surface area contributed by atoms with Gasteiger partial charge in [-0.3, -0.25) is 4.98 Å². The SMILES string of the molecule is C=C(OCC)c1ccnc(CC(C)O)c1. The number of rotatable bonds is 5. The van der Waals surface area contributed by atoms with Gasteiger partial charge < -0.3 is 9.84 Å². The minimum atomic E-state index is -0.381. The summed E-state index contributed by atoms with van der Waals surface area (Å²) in [6, 6.07) is 3.74. The Hall–Kier alpha value is -1.35. The second kappa shape index (κ2) is 5.51. The highest BCUT2D eigenvalue weighted by Crippen LogP contribution is 2.14. The van der Waals surface area contributed by atoms with Gasteiger partial charge in [-0.25, -0.2) is 0 Å². The Balaban J connectivity index is 2.78. The number of nitrogens with zero attached hydrogens (tertiary/aromatic N) is 1. The van der Waals surface area contributed by atoms with Crippen molar-refractivity contribution in [2.45, 2.75) is 26.4 Å². The van der Waals surface area contributed by atoms with Crippen LogP contribution < -0.4 is 0 Å². The van der Waals surface area contributed by atoms with Crippen molar-refractivity contribution in [3.8, 4) is 0 Å². The van der Waals surface area contributed by atoms with Crippen LogP contribution in [0.1, 0.15) is 25.1 Å². The van der Waals surface area contributed by atoms with Gasteiger partial charge in [0.05, 0.1) is 12.7 Å². The Labute approximate surface area is 90.4 Å². The van der Waals surface area contributed by atoms with Crippen LogP contribution in [-0.2, 0) is 11.2 Å². The molecule has 0 aliphatic rings. The average molecular weight is 207 g/mol. The van der Waals surface area contributed by atoms with E-state index in [0.717, 1.165) is 11.3 Å². The number of hydrogen-bond acceptors (Lipinski definition) is 3. The molecular formula is C12H17NO2. The lowest BCUT2D eigenvalue weighted by atomic mass is 10.1. The summed E-state index contributed by atoms with van der Waals surface area (Å²) in [5.41, 5.74) is 1.77. The van der Waals surface area contributed by atoms with Gasteiger partial charge in [-0.2, -0.15) is 0 Å². The molecule has 0 saturated carbocycles. The number of hydrogen-bond donors (Lipinski definition) is 1. The van der Waals surface area contributed by atoms with Crippen LogP contribution in [0.3, 0.4) is 0 Å². The molecule has 1 aromatic rings. The first-order valence-electron chi connectivity index (χ1n) is 5.08. The second-order valence-electron chi connectivity index (χ2n) is 3.45. The van der Waals surface area contributed by atoms with Crippen molar-refractivity contribution < 1.29 is 9.84 Å². The third-order valence-electron chi connectivity index (χ3n) is 1.96. The summed E-state index contributed by atoms with van der Waals surface area (Å²) in [6.07, 6.45) is 1.87. The zero-order valence-electron chi connectivity index (χ0n) is 9.23. The number of aromatic nitrogens is 1. The van der Waals surface area contributed by atoms with Gasteiger partial charge in [-0.15, -0.1) is 0 Å². The molecule has 0 spiro atoms. The van der Waals surface area contributed by atoms with Crippen molar-refractivity contribution in [1.82, 2.24) is 4.98 Å². The monoisotopic (exact) mass is 207 g/mol. The normalized spacial score (nSPS) is 12.2.